The van der Waals surface area contributed by atoms with Crippen molar-refractivity contribution in [3.05, 3.63) is 40.8 Å². The van der Waals surface area contributed by atoms with Gasteiger partial charge in [0.2, 0.25) is 15.9 Å². The number of hydrogen-bond acceptors (Lipinski definition) is 7. The minimum Gasteiger partial charge on any atom is -0.381 e. The van der Waals surface area contributed by atoms with Crippen molar-refractivity contribution in [1.82, 2.24) is 14.4 Å². The van der Waals surface area contributed by atoms with Crippen molar-refractivity contribution in [3.8, 4) is 0 Å². The fourth-order valence-corrected chi connectivity index (χ4v) is 7.85. The highest BCUT2D eigenvalue weighted by atomic mass is 32.2. The third kappa shape index (κ3) is 4.54. The van der Waals surface area contributed by atoms with Gasteiger partial charge in [-0.25, -0.2) is 8.42 Å². The van der Waals surface area contributed by atoms with E-state index >= 15 is 0 Å². The fraction of sp³-hybridized carbons (Fsp3) is 0.615. The van der Waals surface area contributed by atoms with Crippen LogP contribution in [-0.2, 0) is 19.6 Å². The number of hydrogen-bond donors (Lipinski definition) is 0. The number of benzene rings is 1. The molecule has 4 heterocycles. The van der Waals surface area contributed by atoms with Crippen LogP contribution < -0.4 is 4.90 Å². The highest BCUT2D eigenvalue weighted by Crippen LogP contribution is 2.39. The Balaban J connectivity index is 1.33. The Morgan fingerprint density at radius 2 is 1.81 bits per heavy atom. The second kappa shape index (κ2) is 9.79. The second-order valence-electron chi connectivity index (χ2n) is 10.5. The maximum atomic E-state index is 13.8. The largest absolute Gasteiger partial charge is 0.381 e. The highest BCUT2D eigenvalue weighted by molar-refractivity contribution is 7.89. The number of sulfonamides is 1. The lowest BCUT2D eigenvalue weighted by Crippen LogP contribution is -2.52. The molecule has 0 N–H and O–H groups in total. The molecule has 10 heteroatoms. The van der Waals surface area contributed by atoms with E-state index in [0.29, 0.717) is 38.5 Å². The standard InChI is InChI=1S/C26H36N4O5S/c1-17-5-6-18(2)24(13-17)28-8-10-29(11-9-28)26(31)23-15-30(14-22(23)21-7-12-34-16-21)36(32,33)25-19(3)27-35-20(25)4/h5-6,13,21-23H,7-12,14-16H2,1-4H3/t21?,22-,23+/m0/s1. The fourth-order valence-electron chi connectivity index (χ4n) is 6.05. The van der Waals surface area contributed by atoms with Gasteiger partial charge >= 0.3 is 0 Å². The van der Waals surface area contributed by atoms with E-state index in [1.54, 1.807) is 13.8 Å². The summed E-state index contributed by atoms with van der Waals surface area (Å²) in [6.45, 7) is 12.0. The Bertz CT molecular complexity index is 1210. The van der Waals surface area contributed by atoms with Gasteiger partial charge in [-0.3, -0.25) is 4.79 Å². The lowest BCUT2D eigenvalue weighted by Gasteiger charge is -2.38. The smallest absolute Gasteiger partial charge is 0.248 e. The van der Waals surface area contributed by atoms with Gasteiger partial charge in [0.1, 0.15) is 10.6 Å². The van der Waals surface area contributed by atoms with Crippen molar-refractivity contribution in [2.45, 2.75) is 39.0 Å². The number of rotatable bonds is 5. The molecule has 3 fully saturated rings. The first kappa shape index (κ1) is 25.2. The Hall–Kier alpha value is -2.43. The molecule has 3 aliphatic rings. The van der Waals surface area contributed by atoms with Crippen LogP contribution in [0.3, 0.4) is 0 Å². The zero-order chi connectivity index (χ0) is 25.6. The molecule has 0 saturated carbocycles. The van der Waals surface area contributed by atoms with Gasteiger partial charge in [-0.1, -0.05) is 17.3 Å². The van der Waals surface area contributed by atoms with Crippen LogP contribution in [-0.4, -0.2) is 81.2 Å². The number of piperazine rings is 1. The molecule has 1 unspecified atom stereocenters. The Morgan fingerprint density at radius 1 is 1.06 bits per heavy atom. The van der Waals surface area contributed by atoms with Gasteiger partial charge < -0.3 is 19.1 Å². The molecule has 9 nitrogen and oxygen atoms in total. The van der Waals surface area contributed by atoms with Crippen LogP contribution in [0.25, 0.3) is 0 Å². The number of anilines is 1. The lowest BCUT2D eigenvalue weighted by atomic mass is 9.82. The summed E-state index contributed by atoms with van der Waals surface area (Å²) in [4.78, 5) is 18.2. The van der Waals surface area contributed by atoms with Crippen molar-refractivity contribution in [3.63, 3.8) is 0 Å². The Morgan fingerprint density at radius 3 is 2.44 bits per heavy atom. The zero-order valence-corrected chi connectivity index (χ0v) is 22.4. The Labute approximate surface area is 213 Å². The zero-order valence-electron chi connectivity index (χ0n) is 21.6. The number of nitrogens with zero attached hydrogens (tertiary/aromatic N) is 4. The van der Waals surface area contributed by atoms with E-state index in [0.717, 1.165) is 19.5 Å². The monoisotopic (exact) mass is 516 g/mol. The molecule has 0 aliphatic carbocycles. The summed E-state index contributed by atoms with van der Waals surface area (Å²) in [6, 6.07) is 6.47. The van der Waals surface area contributed by atoms with E-state index < -0.39 is 10.0 Å². The molecule has 3 aliphatic heterocycles. The van der Waals surface area contributed by atoms with Crippen molar-refractivity contribution >= 4 is 21.6 Å². The number of aromatic nitrogens is 1. The summed E-state index contributed by atoms with van der Waals surface area (Å²) in [5, 5.41) is 3.84. The van der Waals surface area contributed by atoms with Gasteiger partial charge in [0.15, 0.2) is 5.76 Å². The topological polar surface area (TPSA) is 96.2 Å². The van der Waals surface area contributed by atoms with E-state index in [2.05, 4.69) is 42.1 Å². The predicted octanol–water partition coefficient (Wildman–Crippen LogP) is 2.53. The van der Waals surface area contributed by atoms with Crippen LogP contribution in [0, 0.1) is 45.4 Å². The van der Waals surface area contributed by atoms with Crippen LogP contribution in [0.1, 0.15) is 29.0 Å². The van der Waals surface area contributed by atoms with Crippen LogP contribution in [0.4, 0.5) is 5.69 Å². The van der Waals surface area contributed by atoms with E-state index in [-0.39, 0.29) is 40.9 Å². The first-order valence-corrected chi connectivity index (χ1v) is 14.2. The van der Waals surface area contributed by atoms with Gasteiger partial charge in [0, 0.05) is 58.2 Å². The molecule has 5 rings (SSSR count). The summed E-state index contributed by atoms with van der Waals surface area (Å²) in [5.41, 5.74) is 4.03. The van der Waals surface area contributed by atoms with Crippen molar-refractivity contribution in [2.24, 2.45) is 17.8 Å². The quantitative estimate of drug-likeness (QED) is 0.603. The minimum absolute atomic E-state index is 0.0592. The van der Waals surface area contributed by atoms with Crippen molar-refractivity contribution < 1.29 is 22.5 Å². The van der Waals surface area contributed by atoms with Gasteiger partial charge in [-0.2, -0.15) is 4.31 Å². The molecule has 3 saturated heterocycles. The SMILES string of the molecule is Cc1ccc(C)c(N2CCN(C(=O)[C@@H]3CN(S(=O)(=O)c4c(C)noc4C)C[C@H]3C3CCOC3)CC2)c1. The molecule has 0 bridgehead atoms. The Kier molecular flexibility index (Phi) is 6.86. The predicted molar refractivity (Wildman–Crippen MR) is 135 cm³/mol. The number of ether oxygens (including phenoxy) is 1. The summed E-state index contributed by atoms with van der Waals surface area (Å²) in [5.74, 6) is 0.0844. The molecule has 1 aromatic carbocycles. The van der Waals surface area contributed by atoms with E-state index in [1.807, 2.05) is 4.90 Å². The second-order valence-corrected chi connectivity index (χ2v) is 12.3. The van der Waals surface area contributed by atoms with E-state index in [9.17, 15) is 13.2 Å². The maximum absolute atomic E-state index is 13.8. The summed E-state index contributed by atoms with van der Waals surface area (Å²) >= 11 is 0. The van der Waals surface area contributed by atoms with Crippen molar-refractivity contribution in [1.29, 1.82) is 0 Å². The first-order valence-electron chi connectivity index (χ1n) is 12.8. The maximum Gasteiger partial charge on any atom is 0.248 e. The van der Waals surface area contributed by atoms with E-state index in [1.165, 1.54) is 21.1 Å². The first-order chi connectivity index (χ1) is 17.2. The third-order valence-corrected chi connectivity index (χ3v) is 10.2. The van der Waals surface area contributed by atoms with Gasteiger partial charge in [0.25, 0.3) is 0 Å². The average Bonchev–Trinajstić information content (AvgIpc) is 3.60. The van der Waals surface area contributed by atoms with Gasteiger partial charge in [-0.15, -0.1) is 0 Å². The van der Waals surface area contributed by atoms with Crippen molar-refractivity contribution in [2.75, 3.05) is 57.4 Å². The molecule has 3 atom stereocenters. The van der Waals surface area contributed by atoms with Crippen LogP contribution in [0.5, 0.6) is 0 Å². The molecule has 2 aromatic rings. The average molecular weight is 517 g/mol. The van der Waals surface area contributed by atoms with Crippen LogP contribution in [0.2, 0.25) is 0 Å². The number of aryl methyl sites for hydroxylation is 4. The number of carbonyl (C=O) groups is 1. The molecule has 36 heavy (non-hydrogen) atoms. The summed E-state index contributed by atoms with van der Waals surface area (Å²) < 4.78 is 39.4. The van der Waals surface area contributed by atoms with Gasteiger partial charge in [-0.05, 0) is 63.1 Å². The molecular weight excluding hydrogens is 480 g/mol. The molecule has 0 radical (unpaired) electrons. The molecule has 0 spiro atoms. The van der Waals surface area contributed by atoms with Gasteiger partial charge in [0.05, 0.1) is 5.92 Å². The van der Waals surface area contributed by atoms with Crippen LogP contribution >= 0.6 is 0 Å². The summed E-state index contributed by atoms with van der Waals surface area (Å²) in [7, 11) is -3.81. The molecular formula is C26H36N4O5S. The molecule has 196 valence electrons. The lowest BCUT2D eigenvalue weighted by molar-refractivity contribution is -0.137. The minimum atomic E-state index is -3.81. The van der Waals surface area contributed by atoms with Crippen LogP contribution in [0.15, 0.2) is 27.6 Å². The number of amides is 1. The molecule has 1 amide bonds. The number of carbonyl (C=O) groups excluding carboxylic acids is 1. The van der Waals surface area contributed by atoms with E-state index in [4.69, 9.17) is 9.26 Å². The summed E-state index contributed by atoms with van der Waals surface area (Å²) in [6.07, 6.45) is 0.855. The molecule has 1 aromatic heterocycles. The normalized spacial score (nSPS) is 25.6. The highest BCUT2D eigenvalue weighted by Gasteiger charge is 2.48. The third-order valence-electron chi connectivity index (χ3n) is 8.08.